The quantitative estimate of drug-likeness (QED) is 0.515. The van der Waals surface area contributed by atoms with Gasteiger partial charge in [-0.2, -0.15) is 0 Å². The van der Waals surface area contributed by atoms with Crippen LogP contribution in [0.3, 0.4) is 0 Å². The van der Waals surface area contributed by atoms with E-state index in [4.69, 9.17) is 9.47 Å². The minimum atomic E-state index is 0.0139. The maximum atomic E-state index is 13.0. The number of nitrogens with zero attached hydrogens (tertiary/aromatic N) is 2. The second-order valence-corrected chi connectivity index (χ2v) is 10.5. The van der Waals surface area contributed by atoms with Crippen LogP contribution in [0.25, 0.3) is 0 Å². The predicted molar refractivity (Wildman–Crippen MR) is 136 cm³/mol. The van der Waals surface area contributed by atoms with Crippen LogP contribution in [-0.2, 0) is 22.4 Å². The molecule has 6 heteroatoms. The molecule has 1 saturated heterocycles. The molecule has 1 fully saturated rings. The molecule has 186 valence electrons. The van der Waals surface area contributed by atoms with Crippen LogP contribution in [0.15, 0.2) is 36.4 Å². The largest absolute Gasteiger partial charge is 0.494 e. The van der Waals surface area contributed by atoms with Crippen molar-refractivity contribution in [3.05, 3.63) is 53.1 Å². The fraction of sp³-hybridized carbons (Fsp3) is 0.517. The topological polar surface area (TPSA) is 59.1 Å². The van der Waals surface area contributed by atoms with Crippen molar-refractivity contribution in [2.45, 2.75) is 58.9 Å². The van der Waals surface area contributed by atoms with Crippen molar-refractivity contribution < 1.29 is 19.1 Å². The van der Waals surface area contributed by atoms with E-state index < -0.39 is 0 Å². The molecule has 2 aromatic rings. The number of anilines is 1. The second kappa shape index (κ2) is 9.92. The van der Waals surface area contributed by atoms with Gasteiger partial charge in [0.05, 0.1) is 25.7 Å². The number of fused-ring (bicyclic) bond motifs is 4. The van der Waals surface area contributed by atoms with Crippen molar-refractivity contribution in [2.24, 2.45) is 11.8 Å². The van der Waals surface area contributed by atoms with Gasteiger partial charge in [-0.15, -0.1) is 0 Å². The first-order valence-corrected chi connectivity index (χ1v) is 13.1. The van der Waals surface area contributed by atoms with E-state index in [0.29, 0.717) is 31.9 Å². The number of carbonyl (C=O) groups excluding carboxylic acids is 2. The zero-order valence-corrected chi connectivity index (χ0v) is 21.1. The lowest BCUT2D eigenvalue weighted by molar-refractivity contribution is -0.129. The normalized spacial score (nSPS) is 20.8. The van der Waals surface area contributed by atoms with Crippen molar-refractivity contribution in [1.82, 2.24) is 4.90 Å². The summed E-state index contributed by atoms with van der Waals surface area (Å²) in [4.78, 5) is 29.8. The maximum Gasteiger partial charge on any atom is 0.231 e. The summed E-state index contributed by atoms with van der Waals surface area (Å²) in [6.45, 7) is 9.15. The summed E-state index contributed by atoms with van der Waals surface area (Å²) in [5.41, 5.74) is 4.43. The van der Waals surface area contributed by atoms with Gasteiger partial charge in [0.1, 0.15) is 11.5 Å². The minimum absolute atomic E-state index is 0.0139. The molecule has 0 aromatic heterocycles. The summed E-state index contributed by atoms with van der Waals surface area (Å²) < 4.78 is 11.8. The van der Waals surface area contributed by atoms with E-state index >= 15 is 0 Å². The Morgan fingerprint density at radius 2 is 1.71 bits per heavy atom. The predicted octanol–water partition coefficient (Wildman–Crippen LogP) is 4.94. The van der Waals surface area contributed by atoms with E-state index in [0.717, 1.165) is 55.2 Å². The molecular weight excluding hydrogens is 440 g/mol. The summed E-state index contributed by atoms with van der Waals surface area (Å²) in [7, 11) is 0. The van der Waals surface area contributed by atoms with Crippen LogP contribution in [0.5, 0.6) is 11.5 Å². The summed E-state index contributed by atoms with van der Waals surface area (Å²) in [5, 5.41) is 0. The SMILES string of the molecule is CCCOc1ccc2c(c1)CC(=O)N2CC1CC(=O)N2CCc3cc(OCCC(C)C)ccc3C12. The Morgan fingerprint density at radius 1 is 0.971 bits per heavy atom. The zero-order valence-electron chi connectivity index (χ0n) is 21.1. The number of carbonyl (C=O) groups is 2. The number of rotatable bonds is 9. The van der Waals surface area contributed by atoms with Crippen molar-refractivity contribution >= 4 is 17.5 Å². The van der Waals surface area contributed by atoms with Crippen LogP contribution in [0.4, 0.5) is 5.69 Å². The van der Waals surface area contributed by atoms with Gasteiger partial charge in [0.25, 0.3) is 0 Å². The molecule has 5 rings (SSSR count). The van der Waals surface area contributed by atoms with Crippen molar-refractivity contribution in [3.8, 4) is 11.5 Å². The summed E-state index contributed by atoms with van der Waals surface area (Å²) in [6.07, 6.45) is 3.69. The molecule has 0 bridgehead atoms. The third-order valence-corrected chi connectivity index (χ3v) is 7.43. The molecule has 3 heterocycles. The molecule has 2 unspecified atom stereocenters. The molecule has 0 saturated carbocycles. The maximum absolute atomic E-state index is 13.0. The fourth-order valence-electron chi connectivity index (χ4n) is 5.65. The van der Waals surface area contributed by atoms with Gasteiger partial charge in [-0.1, -0.05) is 26.8 Å². The Bertz CT molecular complexity index is 1110. The van der Waals surface area contributed by atoms with Crippen LogP contribution >= 0.6 is 0 Å². The molecule has 0 aliphatic carbocycles. The van der Waals surface area contributed by atoms with E-state index in [-0.39, 0.29) is 23.8 Å². The van der Waals surface area contributed by atoms with E-state index in [2.05, 4.69) is 32.9 Å². The highest BCUT2D eigenvalue weighted by molar-refractivity contribution is 6.01. The van der Waals surface area contributed by atoms with Gasteiger partial charge in [0.15, 0.2) is 0 Å². The first-order chi connectivity index (χ1) is 16.9. The average molecular weight is 477 g/mol. The number of hydrogen-bond donors (Lipinski definition) is 0. The van der Waals surface area contributed by atoms with Crippen LogP contribution < -0.4 is 14.4 Å². The van der Waals surface area contributed by atoms with E-state index in [9.17, 15) is 9.59 Å². The molecular formula is C29H36N2O4. The lowest BCUT2D eigenvalue weighted by Gasteiger charge is -2.36. The van der Waals surface area contributed by atoms with Crippen molar-refractivity contribution in [2.75, 3.05) is 31.2 Å². The van der Waals surface area contributed by atoms with Gasteiger partial charge < -0.3 is 19.3 Å². The van der Waals surface area contributed by atoms with E-state index in [1.807, 2.05) is 34.1 Å². The first kappa shape index (κ1) is 23.7. The summed E-state index contributed by atoms with van der Waals surface area (Å²) in [5.74, 6) is 2.70. The van der Waals surface area contributed by atoms with Crippen molar-refractivity contribution in [3.63, 3.8) is 0 Å². The Morgan fingerprint density at radius 3 is 2.49 bits per heavy atom. The first-order valence-electron chi connectivity index (χ1n) is 13.1. The highest BCUT2D eigenvalue weighted by Gasteiger charge is 2.45. The number of hydrogen-bond acceptors (Lipinski definition) is 4. The lowest BCUT2D eigenvalue weighted by Crippen LogP contribution is -2.38. The van der Waals surface area contributed by atoms with Gasteiger partial charge in [-0.25, -0.2) is 0 Å². The molecule has 2 amide bonds. The third-order valence-electron chi connectivity index (χ3n) is 7.43. The highest BCUT2D eigenvalue weighted by Crippen LogP contribution is 2.45. The molecule has 0 N–H and O–H groups in total. The number of benzene rings is 2. The van der Waals surface area contributed by atoms with Gasteiger partial charge >= 0.3 is 0 Å². The molecule has 3 aliphatic heterocycles. The van der Waals surface area contributed by atoms with Crippen LogP contribution in [0.1, 0.15) is 62.8 Å². The van der Waals surface area contributed by atoms with Crippen molar-refractivity contribution in [1.29, 1.82) is 0 Å². The Kier molecular flexibility index (Phi) is 6.72. The highest BCUT2D eigenvalue weighted by atomic mass is 16.5. The smallest absolute Gasteiger partial charge is 0.231 e. The Labute approximate surface area is 208 Å². The fourth-order valence-corrected chi connectivity index (χ4v) is 5.65. The third kappa shape index (κ3) is 4.75. The number of amides is 2. The minimum Gasteiger partial charge on any atom is -0.494 e. The lowest BCUT2D eigenvalue weighted by atomic mass is 9.86. The van der Waals surface area contributed by atoms with E-state index in [1.165, 1.54) is 11.1 Å². The summed E-state index contributed by atoms with van der Waals surface area (Å²) in [6, 6.07) is 12.3. The number of ether oxygens (including phenoxy) is 2. The van der Waals surface area contributed by atoms with Gasteiger partial charge in [0, 0.05) is 31.1 Å². The van der Waals surface area contributed by atoms with Crippen LogP contribution in [0, 0.1) is 11.8 Å². The molecule has 2 atom stereocenters. The summed E-state index contributed by atoms with van der Waals surface area (Å²) >= 11 is 0. The molecule has 3 aliphatic rings. The van der Waals surface area contributed by atoms with Gasteiger partial charge in [-0.3, -0.25) is 9.59 Å². The molecule has 0 spiro atoms. The molecule has 2 aromatic carbocycles. The Hall–Kier alpha value is -3.02. The monoisotopic (exact) mass is 476 g/mol. The second-order valence-electron chi connectivity index (χ2n) is 10.5. The van der Waals surface area contributed by atoms with Gasteiger partial charge in [-0.05, 0) is 72.2 Å². The van der Waals surface area contributed by atoms with E-state index in [1.54, 1.807) is 0 Å². The molecule has 35 heavy (non-hydrogen) atoms. The van der Waals surface area contributed by atoms with Crippen LogP contribution in [0.2, 0.25) is 0 Å². The van der Waals surface area contributed by atoms with Gasteiger partial charge in [0.2, 0.25) is 11.8 Å². The average Bonchev–Trinajstić information content (AvgIpc) is 3.33. The molecule has 6 nitrogen and oxygen atoms in total. The van der Waals surface area contributed by atoms with Crippen LogP contribution in [-0.4, -0.2) is 43.0 Å². The Balaban J connectivity index is 1.35. The molecule has 0 radical (unpaired) electrons. The zero-order chi connectivity index (χ0) is 24.5. The standard InChI is InChI=1S/C29H36N2O4/c1-4-12-34-24-6-8-26-21(15-24)16-28(33)31(26)18-22-17-27(32)30-11-9-20-14-23(35-13-10-19(2)3)5-7-25(20)29(22)30/h5-8,14-15,19,22,29H,4,9-13,16-18H2,1-3H3.